The van der Waals surface area contributed by atoms with Crippen LogP contribution in [0.15, 0.2) is 23.8 Å². The maximum atomic E-state index is 15.1. The third-order valence-electron chi connectivity index (χ3n) is 9.93. The maximum Gasteiger partial charge on any atom is 0.303 e. The van der Waals surface area contributed by atoms with Gasteiger partial charge in [0.1, 0.15) is 11.4 Å². The third-order valence-corrected chi connectivity index (χ3v) is 11.3. The van der Waals surface area contributed by atoms with Crippen molar-refractivity contribution in [1.82, 2.24) is 4.90 Å². The lowest BCUT2D eigenvalue weighted by molar-refractivity contribution is -0.142. The fourth-order valence-corrected chi connectivity index (χ4v) is 8.71. The Labute approximate surface area is 278 Å². The van der Waals surface area contributed by atoms with E-state index in [2.05, 4.69) is 0 Å². The van der Waals surface area contributed by atoms with E-state index < -0.39 is 104 Å². The molecular formula is C32H25Cl2F5N2O7. The molecule has 0 radical (unpaired) electrons. The van der Waals surface area contributed by atoms with Crippen molar-refractivity contribution in [2.24, 2.45) is 17.8 Å². The van der Waals surface area contributed by atoms with Gasteiger partial charge < -0.3 is 10.2 Å². The lowest BCUT2D eigenvalue weighted by atomic mass is 9.56. The number of allylic oxidation sites excluding steroid dienone is 2. The predicted octanol–water partition coefficient (Wildman–Crippen LogP) is 5.13. The molecular weight excluding hydrogens is 690 g/mol. The molecule has 2 aliphatic carbocycles. The van der Waals surface area contributed by atoms with Crippen molar-refractivity contribution in [3.05, 3.63) is 69.6 Å². The Morgan fingerprint density at radius 2 is 1.46 bits per heavy atom. The number of rotatable bonds is 6. The highest BCUT2D eigenvalue weighted by Gasteiger charge is 2.77. The SMILES string of the molecule is Cc1cc([C@H]2C3=CC[C@@H]4C(=O)N(CCCC(=O)O)C(=O)[C@@H]4[C@@H]3C[C@@]3(Cl)C(=O)N(c4c(F)c(F)c(F)c(F)c4F)C(=O)[C@@]23Cl)cc(C)c1O. The van der Waals surface area contributed by atoms with Gasteiger partial charge in [-0.05, 0) is 55.7 Å². The molecule has 0 spiro atoms. The molecule has 3 fully saturated rings. The number of aryl methyl sites for hydroxylation is 2. The number of carbonyl (C=O) groups excluding carboxylic acids is 4. The van der Waals surface area contributed by atoms with E-state index in [0.29, 0.717) is 0 Å². The average Bonchev–Trinajstić information content (AvgIpc) is 3.35. The topological polar surface area (TPSA) is 132 Å². The molecule has 0 aromatic heterocycles. The van der Waals surface area contributed by atoms with E-state index in [-0.39, 0.29) is 58.7 Å². The van der Waals surface area contributed by atoms with Gasteiger partial charge in [0.15, 0.2) is 33.0 Å². The molecule has 6 rings (SSSR count). The van der Waals surface area contributed by atoms with E-state index in [1.807, 2.05) is 0 Å². The molecule has 2 aliphatic heterocycles. The van der Waals surface area contributed by atoms with Gasteiger partial charge in [0.25, 0.3) is 11.8 Å². The van der Waals surface area contributed by atoms with Gasteiger partial charge in [0.2, 0.25) is 17.6 Å². The van der Waals surface area contributed by atoms with Crippen molar-refractivity contribution in [3.8, 4) is 5.75 Å². The van der Waals surface area contributed by atoms with E-state index in [4.69, 9.17) is 28.3 Å². The second-order valence-electron chi connectivity index (χ2n) is 12.5. The number of nitrogens with zero attached hydrogens (tertiary/aromatic N) is 2. The maximum absolute atomic E-state index is 15.1. The first-order valence-corrected chi connectivity index (χ1v) is 15.5. The summed E-state index contributed by atoms with van der Waals surface area (Å²) < 4.78 is 73.0. The minimum absolute atomic E-state index is 0.0417. The fraction of sp³-hybridized carbons (Fsp3) is 0.406. The standard InChI is InChI=1S/C32H25Cl2F5N2O7/c1-11-8-13(9-12(2)26(11)44)19-14-5-6-15-18(28(46)40(27(15)45)7-3-4-17(42)43)16(14)10-31(33)29(47)41(30(48)32(19,31)34)25-23(38)21(36)20(35)22(37)24(25)39/h5,8-9,15-16,18-19,44H,3-4,6-7,10H2,1-2H3,(H,42,43)/t15-,16+,18-,19-,31+,32-/m0/s1. The molecule has 0 unspecified atom stereocenters. The zero-order valence-corrected chi connectivity index (χ0v) is 26.6. The highest BCUT2D eigenvalue weighted by Crippen LogP contribution is 2.66. The zero-order valence-electron chi connectivity index (χ0n) is 25.1. The van der Waals surface area contributed by atoms with Crippen molar-refractivity contribution in [1.29, 1.82) is 0 Å². The van der Waals surface area contributed by atoms with E-state index >= 15 is 8.78 Å². The number of anilines is 1. The molecule has 2 saturated heterocycles. The van der Waals surface area contributed by atoms with Crippen LogP contribution in [0.3, 0.4) is 0 Å². The number of imide groups is 2. The monoisotopic (exact) mass is 714 g/mol. The van der Waals surface area contributed by atoms with E-state index in [0.717, 1.165) is 4.90 Å². The minimum Gasteiger partial charge on any atom is -0.507 e. The van der Waals surface area contributed by atoms with Crippen molar-refractivity contribution < 1.29 is 56.1 Å². The Bertz CT molecular complexity index is 1850. The molecule has 4 amide bonds. The first kappa shape index (κ1) is 33.8. The number of halogens is 7. The van der Waals surface area contributed by atoms with Crippen LogP contribution in [-0.4, -0.2) is 61.0 Å². The number of benzene rings is 2. The summed E-state index contributed by atoms with van der Waals surface area (Å²) in [6.07, 6.45) is 0.481. The van der Waals surface area contributed by atoms with Crippen LogP contribution in [0.25, 0.3) is 0 Å². The molecule has 48 heavy (non-hydrogen) atoms. The molecule has 2 heterocycles. The van der Waals surface area contributed by atoms with Crippen LogP contribution < -0.4 is 4.90 Å². The molecule has 16 heteroatoms. The molecule has 2 N–H and O–H groups in total. The number of phenols is 1. The van der Waals surface area contributed by atoms with Gasteiger partial charge in [-0.25, -0.2) is 26.9 Å². The summed E-state index contributed by atoms with van der Waals surface area (Å²) >= 11 is 14.2. The summed E-state index contributed by atoms with van der Waals surface area (Å²) in [7, 11) is 0. The van der Waals surface area contributed by atoms with E-state index in [9.17, 15) is 42.3 Å². The van der Waals surface area contributed by atoms with Crippen LogP contribution in [0.4, 0.5) is 27.6 Å². The number of carboxylic acids is 1. The Balaban J connectivity index is 1.55. The Hall–Kier alpha value is -4.04. The summed E-state index contributed by atoms with van der Waals surface area (Å²) in [5, 5.41) is 19.5. The lowest BCUT2D eigenvalue weighted by Gasteiger charge is -2.50. The van der Waals surface area contributed by atoms with Crippen molar-refractivity contribution in [3.63, 3.8) is 0 Å². The summed E-state index contributed by atoms with van der Waals surface area (Å²) in [4.78, 5) is 62.1. The van der Waals surface area contributed by atoms with Gasteiger partial charge in [-0.3, -0.25) is 28.9 Å². The first-order valence-electron chi connectivity index (χ1n) is 14.7. The number of hydrogen-bond acceptors (Lipinski definition) is 6. The Kier molecular flexibility index (Phi) is 7.94. The van der Waals surface area contributed by atoms with Gasteiger partial charge in [0.05, 0.1) is 11.8 Å². The number of fused-ring (bicyclic) bond motifs is 4. The number of amides is 4. The summed E-state index contributed by atoms with van der Waals surface area (Å²) in [6.45, 7) is 2.82. The predicted molar refractivity (Wildman–Crippen MR) is 158 cm³/mol. The van der Waals surface area contributed by atoms with Crippen LogP contribution in [0.2, 0.25) is 0 Å². The second kappa shape index (κ2) is 11.3. The molecule has 2 aromatic rings. The van der Waals surface area contributed by atoms with Gasteiger partial charge >= 0.3 is 5.97 Å². The number of hydrogen-bond donors (Lipinski definition) is 2. The summed E-state index contributed by atoms with van der Waals surface area (Å²) in [5.41, 5.74) is -0.869. The normalized spacial score (nSPS) is 29.6. The smallest absolute Gasteiger partial charge is 0.303 e. The van der Waals surface area contributed by atoms with Crippen LogP contribution >= 0.6 is 23.2 Å². The molecule has 2 aromatic carbocycles. The van der Waals surface area contributed by atoms with Crippen molar-refractivity contribution >= 4 is 58.5 Å². The first-order chi connectivity index (χ1) is 22.4. The van der Waals surface area contributed by atoms with Crippen LogP contribution in [-0.2, 0) is 24.0 Å². The minimum atomic E-state index is -2.68. The van der Waals surface area contributed by atoms with Gasteiger partial charge in [-0.15, -0.1) is 23.2 Å². The van der Waals surface area contributed by atoms with Crippen LogP contribution in [0, 0.1) is 60.7 Å². The summed E-state index contributed by atoms with van der Waals surface area (Å²) in [5.74, 6) is -22.8. The number of carboxylic acid groups (broad SMARTS) is 1. The second-order valence-corrected chi connectivity index (χ2v) is 13.8. The fourth-order valence-electron chi connectivity index (χ4n) is 7.77. The third kappa shape index (κ3) is 4.37. The number of carbonyl (C=O) groups is 5. The lowest BCUT2D eigenvalue weighted by Crippen LogP contribution is -2.60. The van der Waals surface area contributed by atoms with Crippen LogP contribution in [0.1, 0.15) is 48.3 Å². The molecule has 4 aliphatic rings. The molecule has 254 valence electrons. The van der Waals surface area contributed by atoms with E-state index in [1.165, 1.54) is 26.0 Å². The highest BCUT2D eigenvalue weighted by atomic mass is 35.5. The van der Waals surface area contributed by atoms with Crippen molar-refractivity contribution in [2.75, 3.05) is 11.4 Å². The van der Waals surface area contributed by atoms with E-state index in [1.54, 1.807) is 6.08 Å². The number of aromatic hydroxyl groups is 1. The summed E-state index contributed by atoms with van der Waals surface area (Å²) in [6, 6.07) is 2.84. The zero-order chi connectivity index (χ0) is 35.4. The van der Waals surface area contributed by atoms with Crippen molar-refractivity contribution in [2.45, 2.75) is 55.2 Å². The van der Waals surface area contributed by atoms with Gasteiger partial charge in [-0.1, -0.05) is 23.8 Å². The molecule has 1 saturated carbocycles. The quantitative estimate of drug-likeness (QED) is 0.106. The Morgan fingerprint density at radius 1 is 0.896 bits per heavy atom. The average molecular weight is 715 g/mol. The number of alkyl halides is 2. The largest absolute Gasteiger partial charge is 0.507 e. The number of likely N-dealkylation sites (tertiary alicyclic amines) is 1. The van der Waals surface area contributed by atoms with Gasteiger partial charge in [0, 0.05) is 18.9 Å². The molecule has 0 bridgehead atoms. The Morgan fingerprint density at radius 3 is 2.02 bits per heavy atom. The molecule has 6 atom stereocenters. The van der Waals surface area contributed by atoms with Gasteiger partial charge in [-0.2, -0.15) is 0 Å². The number of aliphatic carboxylic acids is 1. The number of phenolic OH excluding ortho intramolecular Hbond substituents is 1. The molecule has 9 nitrogen and oxygen atoms in total. The van der Waals surface area contributed by atoms with Crippen LogP contribution in [0.5, 0.6) is 5.75 Å². The highest BCUT2D eigenvalue weighted by molar-refractivity contribution is 6.58.